The summed E-state index contributed by atoms with van der Waals surface area (Å²) in [5.41, 5.74) is 0. The molecule has 3 aromatic carbocycles. The molecule has 0 spiro atoms. The van der Waals surface area contributed by atoms with Crippen LogP contribution >= 0.6 is 7.49 Å². The Balaban J connectivity index is 1.46. The molecule has 0 atom stereocenters. The van der Waals surface area contributed by atoms with Gasteiger partial charge in [-0.25, -0.2) is 4.79 Å². The zero-order chi connectivity index (χ0) is 27.4. The molecule has 0 fully saturated rings. The number of rotatable bonds is 19. The van der Waals surface area contributed by atoms with E-state index in [9.17, 15) is 4.79 Å². The van der Waals surface area contributed by atoms with Crippen LogP contribution in [0.1, 0.15) is 96.8 Å². The molecule has 0 aromatic heterocycles. The van der Waals surface area contributed by atoms with Gasteiger partial charge in [0.1, 0.15) is 15.9 Å². The minimum atomic E-state index is -2.56. The minimum absolute atomic E-state index is 0.0995. The molecule has 3 heteroatoms. The van der Waals surface area contributed by atoms with Crippen LogP contribution in [-0.4, -0.2) is 5.97 Å². The lowest BCUT2D eigenvalue weighted by Crippen LogP contribution is -2.34. The van der Waals surface area contributed by atoms with Crippen molar-refractivity contribution in [1.29, 1.82) is 0 Å². The van der Waals surface area contributed by atoms with Crippen LogP contribution in [0.15, 0.2) is 103 Å². The number of hydrogen-bond acceptors (Lipinski definition) is 2. The first-order chi connectivity index (χ1) is 19.3. The van der Waals surface area contributed by atoms with E-state index in [1.165, 1.54) is 70.6 Å². The lowest BCUT2D eigenvalue weighted by Gasteiger charge is -2.25. The highest BCUT2D eigenvalue weighted by atomic mass is 31.2. The normalized spacial score (nSPS) is 11.6. The van der Waals surface area contributed by atoms with Gasteiger partial charge in [0.2, 0.25) is 0 Å². The molecule has 0 unspecified atom stereocenters. The maximum absolute atomic E-state index is 13.3. The van der Waals surface area contributed by atoms with E-state index in [1.54, 1.807) is 0 Å². The molecule has 0 aliphatic carbocycles. The summed E-state index contributed by atoms with van der Waals surface area (Å²) in [5.74, 6) is -0.0995. The predicted molar refractivity (Wildman–Crippen MR) is 171 cm³/mol. The van der Waals surface area contributed by atoms with Gasteiger partial charge in [0, 0.05) is 0 Å². The number of benzene rings is 3. The molecule has 0 N–H and O–H groups in total. The van der Waals surface area contributed by atoms with Crippen LogP contribution in [0.4, 0.5) is 0 Å². The van der Waals surface area contributed by atoms with Gasteiger partial charge in [-0.15, -0.1) is 0 Å². The van der Waals surface area contributed by atoms with Gasteiger partial charge in [-0.05, 0) is 68.5 Å². The Bertz CT molecular complexity index is 966. The van der Waals surface area contributed by atoms with Gasteiger partial charge in [-0.3, -0.25) is 4.52 Å². The largest absolute Gasteiger partial charge is 0.351 e. The van der Waals surface area contributed by atoms with Crippen molar-refractivity contribution in [2.75, 3.05) is 0 Å². The molecule has 0 amide bonds. The Morgan fingerprint density at radius 2 is 0.949 bits per heavy atom. The zero-order valence-electron chi connectivity index (χ0n) is 24.0. The van der Waals surface area contributed by atoms with E-state index < -0.39 is 7.49 Å². The average molecular weight is 544 g/mol. The second kappa shape index (κ2) is 18.6. The summed E-state index contributed by atoms with van der Waals surface area (Å²) >= 11 is 0. The minimum Gasteiger partial charge on any atom is -0.297 e. The van der Waals surface area contributed by atoms with E-state index in [2.05, 4.69) is 55.5 Å². The highest BCUT2D eigenvalue weighted by Gasteiger charge is 2.50. The van der Waals surface area contributed by atoms with Gasteiger partial charge < -0.3 is 0 Å². The lowest BCUT2D eigenvalue weighted by atomic mass is 10.1. The summed E-state index contributed by atoms with van der Waals surface area (Å²) in [4.78, 5) is 13.3. The van der Waals surface area contributed by atoms with Gasteiger partial charge in [-0.1, -0.05) is 125 Å². The van der Waals surface area contributed by atoms with E-state index in [-0.39, 0.29) is 5.97 Å². The molecule has 3 aromatic rings. The van der Waals surface area contributed by atoms with Crippen molar-refractivity contribution in [3.63, 3.8) is 0 Å². The smallest absolute Gasteiger partial charge is 0.297 e. The molecule has 208 valence electrons. The van der Waals surface area contributed by atoms with Gasteiger partial charge in [0.25, 0.3) is 7.49 Å². The van der Waals surface area contributed by atoms with Crippen molar-refractivity contribution in [3.8, 4) is 0 Å². The molecule has 0 aliphatic heterocycles. The van der Waals surface area contributed by atoms with Gasteiger partial charge in [-0.2, -0.15) is 0 Å². The molecule has 3 rings (SSSR count). The van der Waals surface area contributed by atoms with Crippen LogP contribution in [0.5, 0.6) is 0 Å². The molecule has 2 nitrogen and oxygen atoms in total. The number of carbonyl (C=O) groups excluding carboxylic acids is 1. The van der Waals surface area contributed by atoms with Crippen molar-refractivity contribution in [2.45, 2.75) is 96.8 Å². The van der Waals surface area contributed by atoms with Crippen molar-refractivity contribution >= 4 is 29.4 Å². The summed E-state index contributed by atoms with van der Waals surface area (Å²) in [6.07, 6.45) is 21.4. The zero-order valence-corrected chi connectivity index (χ0v) is 24.9. The van der Waals surface area contributed by atoms with Gasteiger partial charge in [0.15, 0.2) is 0 Å². The number of hydrogen-bond donors (Lipinski definition) is 0. The maximum atomic E-state index is 13.3. The lowest BCUT2D eigenvalue weighted by molar-refractivity contribution is -0.133. The van der Waals surface area contributed by atoms with Crippen molar-refractivity contribution in [2.24, 2.45) is 0 Å². The van der Waals surface area contributed by atoms with Crippen LogP contribution in [0.25, 0.3) is 0 Å². The summed E-state index contributed by atoms with van der Waals surface area (Å²) < 4.78 is 6.58. The van der Waals surface area contributed by atoms with Crippen molar-refractivity contribution in [3.05, 3.63) is 103 Å². The average Bonchev–Trinajstić information content (AvgIpc) is 2.99. The fraction of sp³-hybridized carbons (Fsp3) is 0.417. The van der Waals surface area contributed by atoms with E-state index >= 15 is 0 Å². The first-order valence-corrected chi connectivity index (χ1v) is 16.9. The molecule has 0 bridgehead atoms. The number of unbranched alkanes of at least 4 members (excludes halogenated alkanes) is 11. The Morgan fingerprint density at radius 3 is 1.38 bits per heavy atom. The third-order valence-electron chi connectivity index (χ3n) is 7.24. The SMILES string of the molecule is CCCCCCCC/C=C\CCCCCCCC(=O)O[P+](c1ccccc1)(c1ccccc1)c1ccccc1. The van der Waals surface area contributed by atoms with E-state index in [0.29, 0.717) is 6.42 Å². The van der Waals surface area contributed by atoms with Crippen LogP contribution in [0.3, 0.4) is 0 Å². The predicted octanol–water partition coefficient (Wildman–Crippen LogP) is 9.48. The Kier molecular flexibility index (Phi) is 14.7. The monoisotopic (exact) mass is 543 g/mol. The van der Waals surface area contributed by atoms with Gasteiger partial charge >= 0.3 is 5.97 Å². The summed E-state index contributed by atoms with van der Waals surface area (Å²) in [6, 6.07) is 30.9. The second-order valence-electron chi connectivity index (χ2n) is 10.4. The van der Waals surface area contributed by atoms with E-state index in [4.69, 9.17) is 4.52 Å². The van der Waals surface area contributed by atoms with E-state index in [1.807, 2.05) is 54.6 Å². The Morgan fingerprint density at radius 1 is 0.564 bits per heavy atom. The summed E-state index contributed by atoms with van der Waals surface area (Å²) in [5, 5.41) is 3.21. The number of allylic oxidation sites excluding steroid dienone is 2. The molecule has 0 saturated carbocycles. The van der Waals surface area contributed by atoms with Crippen molar-refractivity contribution in [1.82, 2.24) is 0 Å². The van der Waals surface area contributed by atoms with Gasteiger partial charge in [0.05, 0.1) is 6.42 Å². The standard InChI is InChI=1S/C36H48O2P/c1-2-3-4-5-6-7-8-9-10-11-12-13-14-15-25-32-36(37)38-39(33-26-19-16-20-27-33,34-28-21-17-22-29-34)35-30-23-18-24-31-35/h9-10,16-24,26-31H,2-8,11-15,25,32H2,1H3/q+1/b10-9-. The maximum Gasteiger partial charge on any atom is 0.351 e. The Labute approximate surface area is 238 Å². The fourth-order valence-electron chi connectivity index (χ4n) is 5.06. The molecule has 0 aliphatic rings. The second-order valence-corrected chi connectivity index (χ2v) is 13.4. The molecular weight excluding hydrogens is 495 g/mol. The topological polar surface area (TPSA) is 26.3 Å². The summed E-state index contributed by atoms with van der Waals surface area (Å²) in [6.45, 7) is 2.27. The first kappa shape index (κ1) is 30.8. The third-order valence-corrected chi connectivity index (χ3v) is 10.8. The van der Waals surface area contributed by atoms with Crippen LogP contribution in [0, 0.1) is 0 Å². The molecule has 39 heavy (non-hydrogen) atoms. The third kappa shape index (κ3) is 10.4. The quantitative estimate of drug-likeness (QED) is 0.0855. The fourth-order valence-corrected chi connectivity index (χ4v) is 8.44. The van der Waals surface area contributed by atoms with Crippen LogP contribution < -0.4 is 15.9 Å². The molecular formula is C36H48O2P+. The van der Waals surface area contributed by atoms with Crippen LogP contribution in [-0.2, 0) is 9.32 Å². The number of carbonyl (C=O) groups is 1. The molecule has 0 radical (unpaired) electrons. The van der Waals surface area contributed by atoms with E-state index in [0.717, 1.165) is 28.8 Å². The van der Waals surface area contributed by atoms with Crippen LogP contribution in [0.2, 0.25) is 0 Å². The molecule has 0 saturated heterocycles. The first-order valence-electron chi connectivity index (χ1n) is 15.2. The highest BCUT2D eigenvalue weighted by Crippen LogP contribution is 2.56. The van der Waals surface area contributed by atoms with Crippen molar-refractivity contribution < 1.29 is 9.32 Å². The summed E-state index contributed by atoms with van der Waals surface area (Å²) in [7, 11) is -2.56. The Hall–Kier alpha value is -2.70. The highest BCUT2D eigenvalue weighted by molar-refractivity contribution is 7.92. The molecule has 0 heterocycles.